The lowest BCUT2D eigenvalue weighted by molar-refractivity contribution is -0.137. The number of fused-ring (bicyclic) bond motifs is 1. The van der Waals surface area contributed by atoms with Gasteiger partial charge in [0.15, 0.2) is 0 Å². The van der Waals surface area contributed by atoms with E-state index in [-0.39, 0.29) is 63.5 Å². The van der Waals surface area contributed by atoms with Crippen molar-refractivity contribution in [2.75, 3.05) is 23.7 Å². The Labute approximate surface area is 274 Å². The molecule has 2 aromatic heterocycles. The molecule has 1 aliphatic heterocycles. The number of benzene rings is 2. The number of nitrogens with two attached hydrogens (primary N) is 1. The Hall–Kier alpha value is -5.25. The Morgan fingerprint density at radius 3 is 2.27 bits per heavy atom. The average Bonchev–Trinajstić information content (AvgIpc) is 3.98. The van der Waals surface area contributed by atoms with Crippen LogP contribution in [0.4, 0.5) is 24.7 Å². The number of hydrogen-bond acceptors (Lipinski definition) is 8. The van der Waals surface area contributed by atoms with Gasteiger partial charge >= 0.3 is 11.9 Å². The molecule has 3 heterocycles. The fraction of sp³-hybridized carbons (Fsp3) is 0.371. The molecule has 3 fully saturated rings. The van der Waals surface area contributed by atoms with Crippen molar-refractivity contribution >= 4 is 28.3 Å². The minimum Gasteiger partial charge on any atom is -0.399 e. The zero-order valence-corrected chi connectivity index (χ0v) is 26.5. The van der Waals surface area contributed by atoms with Crippen molar-refractivity contribution in [3.05, 3.63) is 82.3 Å². The molecule has 13 heteroatoms. The Balaban J connectivity index is 1.55. The summed E-state index contributed by atoms with van der Waals surface area (Å²) in [7, 11) is 0. The molecule has 7 rings (SSSR count). The second-order valence-corrected chi connectivity index (χ2v) is 13.0. The van der Waals surface area contributed by atoms with Crippen molar-refractivity contribution in [1.82, 2.24) is 24.4 Å². The number of carbonyl (C=O) groups is 1. The summed E-state index contributed by atoms with van der Waals surface area (Å²) in [6.45, 7) is 8.03. The first-order chi connectivity index (χ1) is 22.9. The van der Waals surface area contributed by atoms with Gasteiger partial charge in [-0.2, -0.15) is 23.4 Å². The van der Waals surface area contributed by atoms with Gasteiger partial charge in [-0.05, 0) is 81.5 Å². The molecular formula is C35H33F3N8O2. The maximum Gasteiger partial charge on any atom is 0.417 e. The number of hydrogen-bond donors (Lipinski definition) is 1. The molecular weight excluding hydrogens is 621 g/mol. The molecule has 2 atom stereocenters. The second-order valence-electron chi connectivity index (χ2n) is 13.0. The number of halogens is 3. The van der Waals surface area contributed by atoms with E-state index in [0.29, 0.717) is 35.6 Å². The van der Waals surface area contributed by atoms with Crippen LogP contribution in [0.5, 0.6) is 0 Å². The van der Waals surface area contributed by atoms with Gasteiger partial charge in [0.2, 0.25) is 5.91 Å². The Kier molecular flexibility index (Phi) is 7.49. The highest BCUT2D eigenvalue weighted by Gasteiger charge is 2.39. The van der Waals surface area contributed by atoms with Gasteiger partial charge < -0.3 is 15.5 Å². The number of carbonyl (C=O) groups excluding carboxylic acids is 1. The largest absolute Gasteiger partial charge is 0.417 e. The minimum atomic E-state index is -4.74. The van der Waals surface area contributed by atoms with E-state index in [1.807, 2.05) is 18.7 Å². The van der Waals surface area contributed by atoms with Crippen molar-refractivity contribution < 1.29 is 18.0 Å². The number of nitrogen functional groups attached to an aromatic ring is 1. The fourth-order valence-corrected chi connectivity index (χ4v) is 6.83. The molecule has 48 heavy (non-hydrogen) atoms. The highest BCUT2D eigenvalue weighted by Crippen LogP contribution is 2.48. The smallest absolute Gasteiger partial charge is 0.399 e. The van der Waals surface area contributed by atoms with Gasteiger partial charge in [0, 0.05) is 53.6 Å². The van der Waals surface area contributed by atoms with Gasteiger partial charge in [0.25, 0.3) is 0 Å². The van der Waals surface area contributed by atoms with Crippen molar-refractivity contribution in [3.8, 4) is 22.9 Å². The van der Waals surface area contributed by atoms with E-state index in [1.54, 1.807) is 4.90 Å². The molecule has 1 amide bonds. The molecule has 1 saturated heterocycles. The molecule has 2 saturated carbocycles. The van der Waals surface area contributed by atoms with Crippen LogP contribution in [0.15, 0.2) is 54.1 Å². The van der Waals surface area contributed by atoms with Gasteiger partial charge in [-0.3, -0.25) is 9.36 Å². The number of amides is 1. The lowest BCUT2D eigenvalue weighted by Gasteiger charge is -2.44. The van der Waals surface area contributed by atoms with Crippen LogP contribution in [0, 0.1) is 11.3 Å². The van der Waals surface area contributed by atoms with Crippen LogP contribution < -0.4 is 16.3 Å². The first-order valence-electron chi connectivity index (χ1n) is 15.9. The number of nitrogens with zero attached hydrogens (tertiary/aromatic N) is 7. The van der Waals surface area contributed by atoms with E-state index < -0.39 is 17.4 Å². The summed E-state index contributed by atoms with van der Waals surface area (Å²) in [4.78, 5) is 44.4. The van der Waals surface area contributed by atoms with Gasteiger partial charge in [-0.1, -0.05) is 6.58 Å². The SMILES string of the molecule is C=CC(=O)N1C[C@H](C)N(c2nc(=O)n(-c3c(C4CC4)ncnc3C3CC3)c3cc(-c4cc(N)ccc4C(F)(F)F)c(C#N)cc23)C[C@H]1C. The summed E-state index contributed by atoms with van der Waals surface area (Å²) in [6.07, 6.45) is 1.57. The lowest BCUT2D eigenvalue weighted by Crippen LogP contribution is -2.58. The van der Waals surface area contributed by atoms with Crippen LogP contribution in [-0.2, 0) is 11.0 Å². The Morgan fingerprint density at radius 2 is 1.69 bits per heavy atom. The molecule has 0 bridgehead atoms. The standard InChI is InChI=1S/C35H33F3N8O2/c1-4-29(47)44-15-19(3)45(16-18(44)2)33-26-11-22(14-39)24(25-12-23(40)9-10-27(25)35(36,37)38)13-28(26)46(34(48)43-33)32-30(20-5-6-20)41-17-42-31(32)21-7-8-21/h4,9-13,17-21H,1,5-8,15-16,40H2,2-3H3/t18-,19+/m1/s1. The Bertz CT molecular complexity index is 2060. The topological polar surface area (TPSA) is 134 Å². The van der Waals surface area contributed by atoms with E-state index in [1.165, 1.54) is 41.2 Å². The number of alkyl halides is 3. The molecule has 0 spiro atoms. The van der Waals surface area contributed by atoms with Crippen LogP contribution >= 0.6 is 0 Å². The van der Waals surface area contributed by atoms with Crippen molar-refractivity contribution in [3.63, 3.8) is 0 Å². The summed E-state index contributed by atoms with van der Waals surface area (Å²) in [5, 5.41) is 10.8. The van der Waals surface area contributed by atoms with Gasteiger partial charge in [-0.15, -0.1) is 0 Å². The summed E-state index contributed by atoms with van der Waals surface area (Å²) in [5.74, 6) is 0.287. The third kappa shape index (κ3) is 5.35. The molecule has 10 nitrogen and oxygen atoms in total. The maximum absolute atomic E-state index is 14.4. The third-order valence-corrected chi connectivity index (χ3v) is 9.52. The second kappa shape index (κ2) is 11.5. The van der Waals surface area contributed by atoms with Crippen LogP contribution in [0.1, 0.15) is 73.9 Å². The summed E-state index contributed by atoms with van der Waals surface area (Å²) < 4.78 is 44.6. The van der Waals surface area contributed by atoms with E-state index in [9.17, 15) is 28.0 Å². The van der Waals surface area contributed by atoms with E-state index in [2.05, 4.69) is 27.6 Å². The van der Waals surface area contributed by atoms with Gasteiger partial charge in [-0.25, -0.2) is 14.8 Å². The van der Waals surface area contributed by atoms with Crippen LogP contribution in [0.2, 0.25) is 0 Å². The predicted octanol–water partition coefficient (Wildman–Crippen LogP) is 5.68. The van der Waals surface area contributed by atoms with Crippen molar-refractivity contribution in [2.45, 2.75) is 69.6 Å². The van der Waals surface area contributed by atoms with Crippen molar-refractivity contribution in [1.29, 1.82) is 5.26 Å². The molecule has 4 aromatic rings. The summed E-state index contributed by atoms with van der Waals surface area (Å²) >= 11 is 0. The van der Waals surface area contributed by atoms with Crippen LogP contribution in [-0.4, -0.2) is 55.5 Å². The monoisotopic (exact) mass is 654 g/mol. The predicted molar refractivity (Wildman–Crippen MR) is 175 cm³/mol. The normalized spacial score (nSPS) is 19.8. The zero-order valence-electron chi connectivity index (χ0n) is 26.5. The maximum atomic E-state index is 14.4. The number of aromatic nitrogens is 4. The molecule has 2 N–H and O–H groups in total. The van der Waals surface area contributed by atoms with Crippen LogP contribution in [0.3, 0.4) is 0 Å². The third-order valence-electron chi connectivity index (χ3n) is 9.52. The lowest BCUT2D eigenvalue weighted by atomic mass is 9.93. The van der Waals surface area contributed by atoms with E-state index in [0.717, 1.165) is 31.7 Å². The fourth-order valence-electron chi connectivity index (χ4n) is 6.83. The van der Waals surface area contributed by atoms with E-state index >= 15 is 0 Å². The average molecular weight is 655 g/mol. The van der Waals surface area contributed by atoms with Crippen molar-refractivity contribution in [2.24, 2.45) is 0 Å². The highest BCUT2D eigenvalue weighted by molar-refractivity contribution is 5.97. The Morgan fingerprint density at radius 1 is 1.02 bits per heavy atom. The molecule has 2 aromatic carbocycles. The van der Waals surface area contributed by atoms with Gasteiger partial charge in [0.05, 0.1) is 39.8 Å². The molecule has 246 valence electrons. The number of piperazine rings is 1. The van der Waals surface area contributed by atoms with E-state index in [4.69, 9.17) is 5.73 Å². The molecule has 0 radical (unpaired) electrons. The van der Waals surface area contributed by atoms with Crippen LogP contribution in [0.25, 0.3) is 27.7 Å². The quantitative estimate of drug-likeness (QED) is 0.207. The zero-order chi connectivity index (χ0) is 34.1. The highest BCUT2D eigenvalue weighted by atomic mass is 19.4. The first kappa shape index (κ1) is 31.4. The first-order valence-corrected chi connectivity index (χ1v) is 15.9. The minimum absolute atomic E-state index is 0.0180. The summed E-state index contributed by atoms with van der Waals surface area (Å²) in [5.41, 5.74) is 6.36. The van der Waals surface area contributed by atoms with Gasteiger partial charge in [0.1, 0.15) is 12.1 Å². The number of anilines is 2. The number of rotatable bonds is 6. The molecule has 0 unspecified atom stereocenters. The number of nitriles is 1. The molecule has 2 aliphatic carbocycles. The summed E-state index contributed by atoms with van der Waals surface area (Å²) in [6, 6.07) is 7.76. The molecule has 3 aliphatic rings.